The van der Waals surface area contributed by atoms with Crippen molar-refractivity contribution in [3.8, 4) is 0 Å². The van der Waals surface area contributed by atoms with Gasteiger partial charge >= 0.3 is 0 Å². The second kappa shape index (κ2) is 4.03. The zero-order valence-electron chi connectivity index (χ0n) is 8.95. The molecule has 0 aliphatic carbocycles. The number of hydrogen-bond acceptors (Lipinski definition) is 2. The summed E-state index contributed by atoms with van der Waals surface area (Å²) in [5.74, 6) is 0. The molecule has 0 unspecified atom stereocenters. The van der Waals surface area contributed by atoms with Gasteiger partial charge in [0.15, 0.2) is 9.84 Å². The van der Waals surface area contributed by atoms with Gasteiger partial charge < -0.3 is 0 Å². The molecule has 3 heteroatoms. The third-order valence-corrected chi connectivity index (χ3v) is 3.45. The lowest BCUT2D eigenvalue weighted by Gasteiger charge is -2.00. The van der Waals surface area contributed by atoms with Gasteiger partial charge in [-0.25, -0.2) is 8.42 Å². The summed E-state index contributed by atoms with van der Waals surface area (Å²) >= 11 is 0. The Morgan fingerprint density at radius 1 is 1.40 bits per heavy atom. The number of aryl methyl sites for hydroxylation is 1. The molecule has 0 fully saturated rings. The molecule has 0 radical (unpaired) electrons. The van der Waals surface area contributed by atoms with Gasteiger partial charge in [-0.3, -0.25) is 0 Å². The SMILES string of the molecule is C=C/C(=c1/cccc(C)c1=C)S(C)(=O)=O. The van der Waals surface area contributed by atoms with Crippen molar-refractivity contribution in [2.24, 2.45) is 0 Å². The minimum atomic E-state index is -3.25. The van der Waals surface area contributed by atoms with E-state index in [1.807, 2.05) is 19.1 Å². The fourth-order valence-electron chi connectivity index (χ4n) is 1.39. The van der Waals surface area contributed by atoms with E-state index in [-0.39, 0.29) is 4.91 Å². The minimum Gasteiger partial charge on any atom is -0.224 e. The van der Waals surface area contributed by atoms with Gasteiger partial charge in [0.05, 0.1) is 4.91 Å². The summed E-state index contributed by atoms with van der Waals surface area (Å²) in [7, 11) is -3.25. The summed E-state index contributed by atoms with van der Waals surface area (Å²) in [5.41, 5.74) is 0.968. The van der Waals surface area contributed by atoms with E-state index in [2.05, 4.69) is 13.2 Å². The molecule has 1 aromatic carbocycles. The van der Waals surface area contributed by atoms with Crippen molar-refractivity contribution >= 4 is 21.3 Å². The van der Waals surface area contributed by atoms with Crippen molar-refractivity contribution in [1.29, 1.82) is 0 Å². The van der Waals surface area contributed by atoms with Crippen molar-refractivity contribution in [1.82, 2.24) is 0 Å². The van der Waals surface area contributed by atoms with Crippen LogP contribution in [-0.2, 0) is 9.84 Å². The normalized spacial score (nSPS) is 13.5. The summed E-state index contributed by atoms with van der Waals surface area (Å²) in [6, 6.07) is 5.45. The predicted molar refractivity (Wildman–Crippen MR) is 64.4 cm³/mol. The topological polar surface area (TPSA) is 34.1 Å². The Bertz CT molecular complexity index is 595. The maximum Gasteiger partial charge on any atom is 0.176 e. The van der Waals surface area contributed by atoms with Crippen LogP contribution in [-0.4, -0.2) is 14.7 Å². The molecule has 1 rings (SSSR count). The Hall–Kier alpha value is -1.35. The van der Waals surface area contributed by atoms with E-state index in [1.165, 1.54) is 12.3 Å². The molecular weight excluding hydrogens is 208 g/mol. The molecule has 0 amide bonds. The molecule has 80 valence electrons. The average molecular weight is 222 g/mol. The van der Waals surface area contributed by atoms with Crippen LogP contribution in [0.1, 0.15) is 5.56 Å². The van der Waals surface area contributed by atoms with Crippen LogP contribution in [0.25, 0.3) is 11.5 Å². The van der Waals surface area contributed by atoms with E-state index in [0.717, 1.165) is 10.8 Å². The molecule has 0 N–H and O–H groups in total. The Balaban J connectivity index is 3.91. The highest BCUT2D eigenvalue weighted by molar-refractivity contribution is 7.99. The molecule has 0 aromatic heterocycles. The number of sulfone groups is 1. The van der Waals surface area contributed by atoms with Gasteiger partial charge in [-0.15, -0.1) is 0 Å². The summed E-state index contributed by atoms with van der Waals surface area (Å²) < 4.78 is 23.0. The number of hydrogen-bond donors (Lipinski definition) is 0. The van der Waals surface area contributed by atoms with Crippen molar-refractivity contribution in [3.05, 3.63) is 46.9 Å². The van der Waals surface area contributed by atoms with E-state index in [1.54, 1.807) is 6.07 Å². The smallest absolute Gasteiger partial charge is 0.176 e. The van der Waals surface area contributed by atoms with Gasteiger partial charge in [0.2, 0.25) is 0 Å². The summed E-state index contributed by atoms with van der Waals surface area (Å²) in [5, 5.41) is 1.37. The van der Waals surface area contributed by atoms with Gasteiger partial charge in [0.1, 0.15) is 0 Å². The van der Waals surface area contributed by atoms with Gasteiger partial charge in [-0.05, 0) is 22.9 Å². The minimum absolute atomic E-state index is 0.233. The monoisotopic (exact) mass is 222 g/mol. The van der Waals surface area contributed by atoms with E-state index >= 15 is 0 Å². The van der Waals surface area contributed by atoms with Crippen molar-refractivity contribution in [2.45, 2.75) is 6.92 Å². The molecule has 0 aliphatic heterocycles. The number of benzene rings is 1. The van der Waals surface area contributed by atoms with Crippen molar-refractivity contribution in [3.63, 3.8) is 0 Å². The quantitative estimate of drug-likeness (QED) is 0.740. The highest BCUT2D eigenvalue weighted by Gasteiger charge is 2.08. The molecule has 1 aromatic rings. The Morgan fingerprint density at radius 3 is 2.47 bits per heavy atom. The maximum absolute atomic E-state index is 11.5. The Kier molecular flexibility index (Phi) is 3.15. The predicted octanol–water partition coefficient (Wildman–Crippen LogP) is 0.744. The first-order chi connectivity index (χ1) is 6.88. The molecule has 0 aliphatic rings. The standard InChI is InChI=1S/C12H14O2S/c1-5-12(15(4,13)14)11-8-6-7-9(2)10(11)3/h5-8H,1,3H2,2,4H3/b12-11+. The van der Waals surface area contributed by atoms with Crippen LogP contribution in [0.3, 0.4) is 0 Å². The molecule has 0 saturated heterocycles. The van der Waals surface area contributed by atoms with Crippen LogP contribution in [0.5, 0.6) is 0 Å². The van der Waals surface area contributed by atoms with Crippen LogP contribution >= 0.6 is 0 Å². The lowest BCUT2D eigenvalue weighted by molar-refractivity contribution is 0.611. The summed E-state index contributed by atoms with van der Waals surface area (Å²) in [6.45, 7) is 9.30. The third-order valence-electron chi connectivity index (χ3n) is 2.26. The zero-order valence-corrected chi connectivity index (χ0v) is 9.76. The average Bonchev–Trinajstić information content (AvgIpc) is 2.11. The summed E-state index contributed by atoms with van der Waals surface area (Å²) in [4.78, 5) is 0.233. The summed E-state index contributed by atoms with van der Waals surface area (Å²) in [6.07, 6.45) is 2.53. The first-order valence-corrected chi connectivity index (χ1v) is 6.38. The second-order valence-corrected chi connectivity index (χ2v) is 5.43. The number of rotatable bonds is 2. The van der Waals surface area contributed by atoms with Crippen LogP contribution in [0, 0.1) is 6.92 Å². The van der Waals surface area contributed by atoms with E-state index in [0.29, 0.717) is 5.22 Å². The first-order valence-electron chi connectivity index (χ1n) is 4.49. The Morgan fingerprint density at radius 2 is 2.00 bits per heavy atom. The van der Waals surface area contributed by atoms with Gasteiger partial charge in [-0.1, -0.05) is 37.4 Å². The highest BCUT2D eigenvalue weighted by Crippen LogP contribution is 2.03. The fourth-order valence-corrected chi connectivity index (χ4v) is 2.29. The van der Waals surface area contributed by atoms with Crippen molar-refractivity contribution in [2.75, 3.05) is 6.26 Å². The molecule has 15 heavy (non-hydrogen) atoms. The van der Waals surface area contributed by atoms with E-state index in [9.17, 15) is 8.42 Å². The van der Waals surface area contributed by atoms with E-state index < -0.39 is 9.84 Å². The largest absolute Gasteiger partial charge is 0.224 e. The molecule has 0 atom stereocenters. The van der Waals surface area contributed by atoms with Gasteiger partial charge in [0, 0.05) is 6.26 Å². The maximum atomic E-state index is 11.5. The lowest BCUT2D eigenvalue weighted by atomic mass is 10.1. The van der Waals surface area contributed by atoms with Gasteiger partial charge in [-0.2, -0.15) is 0 Å². The van der Waals surface area contributed by atoms with Crippen LogP contribution < -0.4 is 10.4 Å². The van der Waals surface area contributed by atoms with Crippen LogP contribution in [0.15, 0.2) is 30.9 Å². The fraction of sp³-hybridized carbons (Fsp3) is 0.167. The van der Waals surface area contributed by atoms with Crippen molar-refractivity contribution < 1.29 is 8.42 Å². The molecule has 0 heterocycles. The van der Waals surface area contributed by atoms with E-state index in [4.69, 9.17) is 0 Å². The van der Waals surface area contributed by atoms with Crippen LogP contribution in [0.2, 0.25) is 0 Å². The lowest BCUT2D eigenvalue weighted by Crippen LogP contribution is -2.29. The Labute approximate surface area is 90.2 Å². The molecule has 0 spiro atoms. The zero-order chi connectivity index (χ0) is 11.6. The molecule has 0 saturated carbocycles. The second-order valence-electron chi connectivity index (χ2n) is 3.44. The molecular formula is C12H14O2S. The third kappa shape index (κ3) is 2.36. The van der Waals surface area contributed by atoms with Crippen LogP contribution in [0.4, 0.5) is 0 Å². The molecule has 2 nitrogen and oxygen atoms in total. The molecule has 0 bridgehead atoms. The highest BCUT2D eigenvalue weighted by atomic mass is 32.2. The van der Waals surface area contributed by atoms with Gasteiger partial charge in [0.25, 0.3) is 0 Å². The first kappa shape index (κ1) is 11.7.